The third kappa shape index (κ3) is 2.92. The molecular formula is C16H12ClF3S. The number of hydrogen-bond acceptors (Lipinski definition) is 0. The van der Waals surface area contributed by atoms with E-state index in [0.717, 1.165) is 5.56 Å². The van der Waals surface area contributed by atoms with Crippen LogP contribution in [0.1, 0.15) is 5.56 Å². The van der Waals surface area contributed by atoms with Crippen LogP contribution in [0.3, 0.4) is 0 Å². The molecule has 0 spiro atoms. The van der Waals surface area contributed by atoms with Crippen molar-refractivity contribution in [3.05, 3.63) is 60.2 Å². The number of halogens is 4. The van der Waals surface area contributed by atoms with Crippen molar-refractivity contribution in [1.82, 2.24) is 0 Å². The smallest absolute Gasteiger partial charge is 0.601 e. The molecule has 3 rings (SSSR count). The van der Waals surface area contributed by atoms with Crippen molar-refractivity contribution >= 4 is 20.6 Å². The quantitative estimate of drug-likeness (QED) is 0.602. The Labute approximate surface area is 129 Å². The van der Waals surface area contributed by atoms with Crippen molar-refractivity contribution in [2.75, 3.05) is 0 Å². The Kier molecular flexibility index (Phi) is 4.30. The Bertz CT molecular complexity index is 757. The number of fused-ring (bicyclic) bond motifs is 1. The largest absolute Gasteiger partial charge is 1.00 e. The summed E-state index contributed by atoms with van der Waals surface area (Å²) in [6, 6.07) is 15.6. The summed E-state index contributed by atoms with van der Waals surface area (Å²) in [7, 11) is -1.85. The summed E-state index contributed by atoms with van der Waals surface area (Å²) in [6.45, 7) is 1.92. The molecule has 0 N–H and O–H groups in total. The van der Waals surface area contributed by atoms with E-state index in [-0.39, 0.29) is 12.4 Å². The standard InChI is InChI=1S/C16H12F3S.ClH/c1-11-6-8-12(9-7-11)15-10-13-4-2-3-5-14(13)20(15)16(17,18)19;/h2-10H,1H3;1H/q+1;/p-1. The van der Waals surface area contributed by atoms with Gasteiger partial charge in [0.15, 0.2) is 9.58 Å². The van der Waals surface area contributed by atoms with Crippen LogP contribution in [0, 0.1) is 6.92 Å². The number of rotatable bonds is 1. The first-order valence-corrected chi connectivity index (χ1v) is 7.38. The molecule has 21 heavy (non-hydrogen) atoms. The van der Waals surface area contributed by atoms with Gasteiger partial charge in [0, 0.05) is 17.0 Å². The third-order valence-corrected chi connectivity index (χ3v) is 5.28. The minimum atomic E-state index is -4.25. The monoisotopic (exact) mass is 328 g/mol. The molecule has 0 radical (unpaired) electrons. The number of benzene rings is 2. The van der Waals surface area contributed by atoms with Crippen molar-refractivity contribution in [3.8, 4) is 10.4 Å². The zero-order chi connectivity index (χ0) is 14.3. The Morgan fingerprint density at radius 1 is 0.905 bits per heavy atom. The maximum atomic E-state index is 13.4. The fraction of sp³-hybridized carbons (Fsp3) is 0.125. The number of hydrogen-bond donors (Lipinski definition) is 0. The van der Waals surface area contributed by atoms with Gasteiger partial charge in [-0.1, -0.05) is 29.8 Å². The van der Waals surface area contributed by atoms with E-state index in [1.165, 1.54) is 0 Å². The SMILES string of the molecule is Cc1ccc(-c2cc3ccccc3[s+]2C(F)(F)F)cc1.[Cl-]. The van der Waals surface area contributed by atoms with Crippen LogP contribution in [0.25, 0.3) is 20.5 Å². The molecule has 1 heterocycles. The summed E-state index contributed by atoms with van der Waals surface area (Å²) in [5, 5.41) is 0.670. The normalized spacial score (nSPS) is 12.3. The van der Waals surface area contributed by atoms with Gasteiger partial charge in [0.25, 0.3) is 0 Å². The molecule has 0 saturated carbocycles. The molecule has 0 aliphatic carbocycles. The molecule has 1 aromatic heterocycles. The second-order valence-corrected chi connectivity index (χ2v) is 6.62. The first-order chi connectivity index (χ1) is 9.47. The zero-order valence-electron chi connectivity index (χ0n) is 11.1. The maximum Gasteiger partial charge on any atom is 0.601 e. The molecule has 2 aromatic carbocycles. The lowest BCUT2D eigenvalue weighted by molar-refractivity contribution is -0.0864. The van der Waals surface area contributed by atoms with Gasteiger partial charge >= 0.3 is 5.51 Å². The highest BCUT2D eigenvalue weighted by Gasteiger charge is 2.48. The van der Waals surface area contributed by atoms with Crippen molar-refractivity contribution < 1.29 is 25.6 Å². The third-order valence-electron chi connectivity index (χ3n) is 3.21. The molecule has 0 aliphatic heterocycles. The van der Waals surface area contributed by atoms with Crippen molar-refractivity contribution in [2.45, 2.75) is 12.4 Å². The Morgan fingerprint density at radius 3 is 2.14 bits per heavy atom. The summed E-state index contributed by atoms with van der Waals surface area (Å²) < 4.78 is 40.6. The lowest BCUT2D eigenvalue weighted by atomic mass is 10.1. The van der Waals surface area contributed by atoms with Gasteiger partial charge in [0.2, 0.25) is 0 Å². The molecule has 0 bridgehead atoms. The molecule has 0 aliphatic rings. The summed E-state index contributed by atoms with van der Waals surface area (Å²) in [6.07, 6.45) is 0. The molecule has 1 atom stereocenters. The lowest BCUT2D eigenvalue weighted by Gasteiger charge is -2.01. The van der Waals surface area contributed by atoms with Gasteiger partial charge in [0.1, 0.15) is 10.5 Å². The summed E-state index contributed by atoms with van der Waals surface area (Å²) >= 11 is 0. The van der Waals surface area contributed by atoms with Gasteiger partial charge in [-0.25, -0.2) is 0 Å². The zero-order valence-corrected chi connectivity index (χ0v) is 12.7. The molecule has 0 fully saturated rings. The summed E-state index contributed by atoms with van der Waals surface area (Å²) in [5.41, 5.74) is -2.56. The number of alkyl halides is 3. The average Bonchev–Trinajstić information content (AvgIpc) is 2.78. The molecular weight excluding hydrogens is 317 g/mol. The molecule has 0 amide bonds. The van der Waals surface area contributed by atoms with Gasteiger partial charge in [-0.15, -0.1) is 13.2 Å². The molecule has 1 unspecified atom stereocenters. The summed E-state index contributed by atoms with van der Waals surface area (Å²) in [4.78, 5) is 0.360. The molecule has 0 nitrogen and oxygen atoms in total. The Balaban J connectivity index is 0.00000161. The lowest BCUT2D eigenvalue weighted by Crippen LogP contribution is -3.00. The first kappa shape index (κ1) is 15.9. The maximum absolute atomic E-state index is 13.4. The first-order valence-electron chi connectivity index (χ1n) is 6.16. The number of aryl methyl sites for hydroxylation is 1. The van der Waals surface area contributed by atoms with E-state index in [9.17, 15) is 13.2 Å². The predicted octanol–water partition coefficient (Wildman–Crippen LogP) is 3.04. The van der Waals surface area contributed by atoms with Crippen LogP contribution in [0.4, 0.5) is 13.2 Å². The van der Waals surface area contributed by atoms with Gasteiger partial charge in [-0.05, 0) is 31.2 Å². The minimum absolute atomic E-state index is 0. The second-order valence-electron chi connectivity index (χ2n) is 4.66. The molecule has 0 saturated heterocycles. The van der Waals surface area contributed by atoms with E-state index in [4.69, 9.17) is 0 Å². The molecule has 3 aromatic rings. The van der Waals surface area contributed by atoms with E-state index in [2.05, 4.69) is 0 Å². The average molecular weight is 329 g/mol. The van der Waals surface area contributed by atoms with Crippen molar-refractivity contribution in [2.24, 2.45) is 0 Å². The highest BCUT2D eigenvalue weighted by atomic mass is 35.5. The van der Waals surface area contributed by atoms with Crippen LogP contribution >= 0.6 is 10.5 Å². The molecule has 110 valence electrons. The van der Waals surface area contributed by atoms with Gasteiger partial charge in [-0.2, -0.15) is 0 Å². The predicted molar refractivity (Wildman–Crippen MR) is 77.9 cm³/mol. The van der Waals surface area contributed by atoms with E-state index in [1.807, 2.05) is 19.1 Å². The van der Waals surface area contributed by atoms with E-state index in [0.29, 0.717) is 20.5 Å². The van der Waals surface area contributed by atoms with Gasteiger partial charge in [-0.3, -0.25) is 0 Å². The molecule has 5 heteroatoms. The van der Waals surface area contributed by atoms with Crippen molar-refractivity contribution in [1.29, 1.82) is 0 Å². The van der Waals surface area contributed by atoms with Gasteiger partial charge < -0.3 is 12.4 Å². The van der Waals surface area contributed by atoms with Crippen molar-refractivity contribution in [3.63, 3.8) is 0 Å². The van der Waals surface area contributed by atoms with E-state index in [1.54, 1.807) is 42.5 Å². The van der Waals surface area contributed by atoms with E-state index >= 15 is 0 Å². The highest BCUT2D eigenvalue weighted by molar-refractivity contribution is 7.41. The Hall–Kier alpha value is -1.52. The van der Waals surface area contributed by atoms with Crippen LogP contribution in [0.2, 0.25) is 0 Å². The summed E-state index contributed by atoms with van der Waals surface area (Å²) in [5.74, 6) is 0. The van der Waals surface area contributed by atoms with Crippen LogP contribution in [0.15, 0.2) is 54.6 Å². The van der Waals surface area contributed by atoms with Crippen LogP contribution in [-0.4, -0.2) is 0 Å². The topological polar surface area (TPSA) is 0 Å². The fourth-order valence-electron chi connectivity index (χ4n) is 2.27. The van der Waals surface area contributed by atoms with Crippen LogP contribution in [0.5, 0.6) is 0 Å². The fourth-order valence-corrected chi connectivity index (χ4v) is 4.20. The highest BCUT2D eigenvalue weighted by Crippen LogP contribution is 2.54. The second kappa shape index (κ2) is 5.70. The van der Waals surface area contributed by atoms with Crippen LogP contribution in [-0.2, 0) is 5.51 Å². The number of thiophene rings is 1. The van der Waals surface area contributed by atoms with E-state index < -0.39 is 16.0 Å². The minimum Gasteiger partial charge on any atom is -1.00 e. The van der Waals surface area contributed by atoms with Crippen LogP contribution < -0.4 is 12.4 Å². The van der Waals surface area contributed by atoms with Gasteiger partial charge in [0.05, 0.1) is 0 Å². The Morgan fingerprint density at radius 2 is 1.52 bits per heavy atom.